The molecule has 6 heteroatoms. The highest BCUT2D eigenvalue weighted by Gasteiger charge is 2.27. The number of carbonyl (C=O) groups is 1. The van der Waals surface area contributed by atoms with E-state index in [1.54, 1.807) is 33.8 Å². The molecule has 1 heterocycles. The van der Waals surface area contributed by atoms with Gasteiger partial charge in [-0.05, 0) is 33.8 Å². The maximum Gasteiger partial charge on any atom is 0.338 e. The molecule has 1 aromatic rings. The minimum atomic E-state index is -0.604. The Bertz CT molecular complexity index is 640. The molecule has 1 aliphatic heterocycles. The normalized spacial score (nSPS) is 14.3. The average molecular weight is 291 g/mol. The Balaban J connectivity index is 2.29. The fraction of sp³-hybridized carbons (Fsp3) is 0.400. The number of hydrogen-bond donors (Lipinski definition) is 0. The third-order valence-corrected chi connectivity index (χ3v) is 2.96. The van der Waals surface area contributed by atoms with Gasteiger partial charge in [0.1, 0.15) is 17.1 Å². The Labute approximate surface area is 122 Å². The van der Waals surface area contributed by atoms with Crippen LogP contribution in [0, 0.1) is 10.1 Å². The van der Waals surface area contributed by atoms with E-state index in [-0.39, 0.29) is 12.1 Å². The second-order valence-electron chi connectivity index (χ2n) is 5.86. The van der Waals surface area contributed by atoms with Crippen LogP contribution in [0.25, 0.3) is 0 Å². The molecule has 1 aromatic carbocycles. The van der Waals surface area contributed by atoms with Crippen LogP contribution < -0.4 is 4.74 Å². The van der Waals surface area contributed by atoms with E-state index in [1.165, 1.54) is 12.1 Å². The van der Waals surface area contributed by atoms with Crippen LogP contribution in [0.1, 0.15) is 33.3 Å². The zero-order valence-corrected chi connectivity index (χ0v) is 12.4. The number of hydrogen-bond acceptors (Lipinski definition) is 5. The Morgan fingerprint density at radius 1 is 1.38 bits per heavy atom. The van der Waals surface area contributed by atoms with Gasteiger partial charge in [-0.1, -0.05) is 0 Å². The quantitative estimate of drug-likeness (QED) is 0.475. The zero-order valence-electron chi connectivity index (χ0n) is 12.4. The predicted molar refractivity (Wildman–Crippen MR) is 76.0 cm³/mol. The first kappa shape index (κ1) is 15.0. The lowest BCUT2D eigenvalue weighted by atomic mass is 10.00. The van der Waals surface area contributed by atoms with E-state index in [1.807, 2.05) is 0 Å². The lowest BCUT2D eigenvalue weighted by Gasteiger charge is -2.24. The van der Waals surface area contributed by atoms with Crippen LogP contribution in [0.15, 0.2) is 29.5 Å². The largest absolute Gasteiger partial charge is 0.461 e. The van der Waals surface area contributed by atoms with Crippen molar-refractivity contribution in [2.24, 2.45) is 0 Å². The second-order valence-corrected chi connectivity index (χ2v) is 5.86. The van der Waals surface area contributed by atoms with Crippen molar-refractivity contribution in [2.45, 2.75) is 39.7 Å². The smallest absolute Gasteiger partial charge is 0.338 e. The number of carbonyl (C=O) groups excluding carboxylic acids is 1. The van der Waals surface area contributed by atoms with Gasteiger partial charge in [0.2, 0.25) is 0 Å². The van der Waals surface area contributed by atoms with E-state index < -0.39 is 16.5 Å². The highest BCUT2D eigenvalue weighted by Crippen LogP contribution is 2.33. The highest BCUT2D eigenvalue weighted by atomic mass is 16.6. The molecule has 6 nitrogen and oxygen atoms in total. The van der Waals surface area contributed by atoms with Gasteiger partial charge in [-0.25, -0.2) is 4.79 Å². The minimum absolute atomic E-state index is 0.0274. The monoisotopic (exact) mass is 291 g/mol. The molecule has 0 atom stereocenters. The Kier molecular flexibility index (Phi) is 3.72. The molecule has 0 N–H and O–H groups in total. The lowest BCUT2D eigenvalue weighted by molar-refractivity contribution is -0.384. The fourth-order valence-electron chi connectivity index (χ4n) is 2.01. The van der Waals surface area contributed by atoms with Crippen molar-refractivity contribution < 1.29 is 19.2 Å². The molecule has 0 amide bonds. The topological polar surface area (TPSA) is 78.7 Å². The van der Waals surface area contributed by atoms with Crippen LogP contribution in [-0.4, -0.2) is 16.5 Å². The van der Waals surface area contributed by atoms with Gasteiger partial charge in [0, 0.05) is 24.1 Å². The number of nitro groups is 1. The van der Waals surface area contributed by atoms with Gasteiger partial charge in [-0.3, -0.25) is 10.1 Å². The summed E-state index contributed by atoms with van der Waals surface area (Å²) in [5, 5.41) is 10.8. The fourth-order valence-corrected chi connectivity index (χ4v) is 2.01. The summed E-state index contributed by atoms with van der Waals surface area (Å²) < 4.78 is 10.9. The maximum absolute atomic E-state index is 12.2. The number of non-ortho nitro benzene ring substituents is 1. The van der Waals surface area contributed by atoms with Crippen LogP contribution in [-0.2, 0) is 16.0 Å². The zero-order chi connectivity index (χ0) is 15.8. The number of ether oxygens (including phenoxy) is 2. The molecule has 1 aliphatic rings. The molecular weight excluding hydrogens is 274 g/mol. The number of rotatable bonds is 2. The summed E-state index contributed by atoms with van der Waals surface area (Å²) >= 11 is 0. The first-order valence-corrected chi connectivity index (χ1v) is 6.55. The first-order chi connectivity index (χ1) is 9.67. The lowest BCUT2D eigenvalue weighted by Crippen LogP contribution is -2.27. The molecule has 0 spiro atoms. The van der Waals surface area contributed by atoms with Gasteiger partial charge in [-0.15, -0.1) is 0 Å². The molecule has 0 aromatic heterocycles. The van der Waals surface area contributed by atoms with E-state index in [2.05, 4.69) is 0 Å². The number of benzene rings is 1. The molecule has 21 heavy (non-hydrogen) atoms. The van der Waals surface area contributed by atoms with Gasteiger partial charge in [0.15, 0.2) is 0 Å². The van der Waals surface area contributed by atoms with E-state index in [9.17, 15) is 14.9 Å². The maximum atomic E-state index is 12.2. The summed E-state index contributed by atoms with van der Waals surface area (Å²) in [4.78, 5) is 22.5. The van der Waals surface area contributed by atoms with Crippen LogP contribution in [0.2, 0.25) is 0 Å². The number of fused-ring (bicyclic) bond motifs is 1. The molecule has 0 saturated carbocycles. The van der Waals surface area contributed by atoms with Crippen LogP contribution in [0.3, 0.4) is 0 Å². The Morgan fingerprint density at radius 2 is 2.05 bits per heavy atom. The summed E-state index contributed by atoms with van der Waals surface area (Å²) in [6.45, 7) is 7.03. The van der Waals surface area contributed by atoms with Crippen LogP contribution >= 0.6 is 0 Å². The van der Waals surface area contributed by atoms with Crippen molar-refractivity contribution >= 4 is 11.7 Å². The third-order valence-electron chi connectivity index (χ3n) is 2.96. The summed E-state index contributed by atoms with van der Waals surface area (Å²) in [7, 11) is 0. The summed E-state index contributed by atoms with van der Waals surface area (Å²) in [5.41, 5.74) is 0.363. The number of nitrogens with zero attached hydrogens (tertiary/aromatic N) is 1. The molecule has 0 radical (unpaired) electrons. The van der Waals surface area contributed by atoms with E-state index >= 15 is 0 Å². The number of allylic oxidation sites excluding steroid dienone is 1. The number of nitro benzene ring substituents is 1. The standard InChI is InChI=1S/C15H17NO5/c1-9-12(14(17)21-15(2,3)4)8-10-7-11(16(18)19)5-6-13(10)20-9/h5-7H,8H2,1-4H3. The summed E-state index contributed by atoms with van der Waals surface area (Å²) in [6.07, 6.45) is 0.262. The van der Waals surface area contributed by atoms with Gasteiger partial charge < -0.3 is 9.47 Å². The van der Waals surface area contributed by atoms with E-state index in [0.717, 1.165) is 0 Å². The van der Waals surface area contributed by atoms with Crippen molar-refractivity contribution in [1.29, 1.82) is 0 Å². The molecule has 2 rings (SSSR count). The van der Waals surface area contributed by atoms with E-state index in [0.29, 0.717) is 22.6 Å². The molecule has 0 fully saturated rings. The molecule has 0 unspecified atom stereocenters. The predicted octanol–water partition coefficient (Wildman–Crippen LogP) is 3.15. The van der Waals surface area contributed by atoms with Crippen LogP contribution in [0.4, 0.5) is 5.69 Å². The molecular formula is C15H17NO5. The van der Waals surface area contributed by atoms with Gasteiger partial charge in [0.05, 0.1) is 10.5 Å². The molecule has 0 bridgehead atoms. The average Bonchev–Trinajstić information content (AvgIpc) is 2.35. The SMILES string of the molecule is CC1=C(C(=O)OC(C)(C)C)Cc2cc([N+](=O)[O-])ccc2O1. The molecule has 0 saturated heterocycles. The summed E-state index contributed by atoms with van der Waals surface area (Å²) in [5.74, 6) is 0.535. The second kappa shape index (κ2) is 5.20. The van der Waals surface area contributed by atoms with Crippen molar-refractivity contribution in [2.75, 3.05) is 0 Å². The van der Waals surface area contributed by atoms with E-state index in [4.69, 9.17) is 9.47 Å². The molecule has 0 aliphatic carbocycles. The van der Waals surface area contributed by atoms with Gasteiger partial charge >= 0.3 is 5.97 Å². The van der Waals surface area contributed by atoms with Crippen molar-refractivity contribution in [1.82, 2.24) is 0 Å². The Hall–Kier alpha value is -2.37. The van der Waals surface area contributed by atoms with Gasteiger partial charge in [-0.2, -0.15) is 0 Å². The van der Waals surface area contributed by atoms with Crippen LogP contribution in [0.5, 0.6) is 5.75 Å². The number of esters is 1. The van der Waals surface area contributed by atoms with Crippen molar-refractivity contribution in [3.63, 3.8) is 0 Å². The molecule has 112 valence electrons. The third kappa shape index (κ3) is 3.39. The Morgan fingerprint density at radius 3 is 2.62 bits per heavy atom. The van der Waals surface area contributed by atoms with Gasteiger partial charge in [0.25, 0.3) is 5.69 Å². The minimum Gasteiger partial charge on any atom is -0.461 e. The van der Waals surface area contributed by atoms with Crippen molar-refractivity contribution in [3.8, 4) is 5.75 Å². The summed E-state index contributed by atoms with van der Waals surface area (Å²) in [6, 6.07) is 4.35. The highest BCUT2D eigenvalue weighted by molar-refractivity contribution is 5.90. The van der Waals surface area contributed by atoms with Crippen molar-refractivity contribution in [3.05, 3.63) is 45.2 Å². The first-order valence-electron chi connectivity index (χ1n) is 6.55.